The van der Waals surface area contributed by atoms with Crippen LogP contribution >= 0.6 is 0 Å². The number of methoxy groups -OCH3 is 1. The number of nitrogens with one attached hydrogen (secondary N) is 1. The molecule has 3 aliphatic heterocycles. The number of cyclic esters (lactones) is 1. The summed E-state index contributed by atoms with van der Waals surface area (Å²) >= 11 is 0. The number of carbonyl (C=O) groups is 5. The van der Waals surface area contributed by atoms with Gasteiger partial charge in [-0.2, -0.15) is 0 Å². The van der Waals surface area contributed by atoms with Crippen LogP contribution in [0, 0.1) is 29.6 Å². The normalized spacial score (nSPS) is 29.5. The van der Waals surface area contributed by atoms with E-state index in [1.165, 1.54) is 14.0 Å². The molecule has 58 heavy (non-hydrogen) atoms. The van der Waals surface area contributed by atoms with Crippen molar-refractivity contribution >= 4 is 30.3 Å². The molecule has 0 aromatic carbocycles. The maximum Gasteiger partial charge on any atom is 0.408 e. The van der Waals surface area contributed by atoms with Gasteiger partial charge in [0.25, 0.3) is 6.47 Å². The highest BCUT2D eigenvalue weighted by Crippen LogP contribution is 2.31. The summed E-state index contributed by atoms with van der Waals surface area (Å²) in [6, 6.07) is -0.112. The van der Waals surface area contributed by atoms with E-state index in [0.29, 0.717) is 18.9 Å². The van der Waals surface area contributed by atoms with Crippen LogP contribution in [0.5, 0.6) is 0 Å². The summed E-state index contributed by atoms with van der Waals surface area (Å²) in [5, 5.41) is 12.0. The molecule has 0 spiro atoms. The minimum absolute atomic E-state index is 0.00903. The molecule has 3 saturated heterocycles. The highest BCUT2D eigenvalue weighted by Gasteiger charge is 2.51. The number of carbonyl (C=O) groups excluding carboxylic acids is 5. The summed E-state index contributed by atoms with van der Waals surface area (Å²) in [7, 11) is 7.20. The van der Waals surface area contributed by atoms with E-state index in [2.05, 4.69) is 16.0 Å². The van der Waals surface area contributed by atoms with E-state index >= 15 is 0 Å². The number of esters is 2. The van der Waals surface area contributed by atoms with Gasteiger partial charge in [-0.25, -0.2) is 4.79 Å². The molecule has 0 aliphatic carbocycles. The lowest BCUT2D eigenvalue weighted by molar-refractivity contribution is -0.230. The van der Waals surface area contributed by atoms with Crippen LogP contribution in [-0.2, 0) is 52.3 Å². The Balaban J connectivity index is 0. The second-order valence-corrected chi connectivity index (χ2v) is 15.8. The smallest absolute Gasteiger partial charge is 0.408 e. The van der Waals surface area contributed by atoms with Crippen molar-refractivity contribution < 1.29 is 62.2 Å². The van der Waals surface area contributed by atoms with Crippen molar-refractivity contribution in [2.45, 2.75) is 170 Å². The van der Waals surface area contributed by atoms with Crippen LogP contribution in [-0.4, -0.2) is 130 Å². The van der Waals surface area contributed by atoms with Crippen LogP contribution in [0.2, 0.25) is 0 Å². The molecule has 0 bridgehead atoms. The number of ketones is 1. The molecule has 16 nitrogen and oxygen atoms in total. The van der Waals surface area contributed by atoms with E-state index in [9.17, 15) is 29.1 Å². The Labute approximate surface area is 349 Å². The van der Waals surface area contributed by atoms with E-state index in [4.69, 9.17) is 33.2 Å². The number of rotatable bonds is 16. The molecular weight excluding hydrogens is 754 g/mol. The summed E-state index contributed by atoms with van der Waals surface area (Å²) in [5.74, 6) is -1.34. The number of hydrogen-bond acceptors (Lipinski definition) is 15. The molecule has 0 aromatic heterocycles. The summed E-state index contributed by atoms with van der Waals surface area (Å²) in [5.41, 5.74) is 3.37. The first kappa shape index (κ1) is 57.2. The van der Waals surface area contributed by atoms with Crippen molar-refractivity contribution in [3.05, 3.63) is 0 Å². The Bertz CT molecular complexity index is 1160. The zero-order valence-electron chi connectivity index (χ0n) is 38.5. The molecule has 16 heteroatoms. The quantitative estimate of drug-likeness (QED) is 0.103. The minimum atomic E-state index is -1.13. The second kappa shape index (κ2) is 30.2. The van der Waals surface area contributed by atoms with Crippen LogP contribution < -0.4 is 11.1 Å². The fourth-order valence-corrected chi connectivity index (χ4v) is 7.21. The second-order valence-electron chi connectivity index (χ2n) is 15.8. The number of nitrogens with zero attached hydrogens (tertiary/aromatic N) is 1. The first-order chi connectivity index (χ1) is 27.2. The summed E-state index contributed by atoms with van der Waals surface area (Å²) in [6.07, 6.45) is 3.25. The van der Waals surface area contributed by atoms with E-state index in [1.807, 2.05) is 69.5 Å². The van der Waals surface area contributed by atoms with Gasteiger partial charge in [-0.3, -0.25) is 19.2 Å². The monoisotopic (exact) mass is 836 g/mol. The lowest BCUT2D eigenvalue weighted by Crippen LogP contribution is -2.52. The van der Waals surface area contributed by atoms with Gasteiger partial charge < -0.3 is 54.2 Å². The number of aliphatic hydroxyl groups is 1. The van der Waals surface area contributed by atoms with E-state index in [1.54, 1.807) is 27.9 Å². The lowest BCUT2D eigenvalue weighted by atomic mass is 9.81. The summed E-state index contributed by atoms with van der Waals surface area (Å²) in [4.78, 5) is 60.2. The molecule has 0 aromatic rings. The molecule has 4 N–H and O–H groups in total. The number of nitrogens with two attached hydrogens (primary N) is 1. The zero-order valence-corrected chi connectivity index (χ0v) is 38.5. The summed E-state index contributed by atoms with van der Waals surface area (Å²) < 4.78 is 36.6. The van der Waals surface area contributed by atoms with Crippen molar-refractivity contribution in [2.24, 2.45) is 35.3 Å². The average Bonchev–Trinajstić information content (AvgIpc) is 3.48. The minimum Gasteiger partial charge on any atom is -0.468 e. The third-order valence-corrected chi connectivity index (χ3v) is 10.2. The van der Waals surface area contributed by atoms with Gasteiger partial charge in [-0.15, -0.1) is 0 Å². The predicted molar refractivity (Wildman–Crippen MR) is 221 cm³/mol. The number of aliphatic hydroxyl groups excluding tert-OH is 1. The lowest BCUT2D eigenvalue weighted by Gasteiger charge is -2.37. The molecule has 13 atom stereocenters. The molecule has 3 aliphatic rings. The molecule has 8 unspecified atom stereocenters. The Kier molecular flexibility index (Phi) is 29.8. The molecule has 0 radical (unpaired) electrons. The maximum atomic E-state index is 12.7. The molecule has 3 heterocycles. The van der Waals surface area contributed by atoms with Gasteiger partial charge in [0.1, 0.15) is 18.5 Å². The zero-order chi connectivity index (χ0) is 45.3. The fraction of sp³-hybridized carbons (Fsp3) is 0.881. The number of alkyl carbamates (subject to hydrolysis) is 1. The topological polar surface area (TPSA) is 211 Å². The highest BCUT2D eigenvalue weighted by molar-refractivity contribution is 5.85. The van der Waals surface area contributed by atoms with Gasteiger partial charge in [-0.05, 0) is 67.1 Å². The van der Waals surface area contributed by atoms with E-state index in [0.717, 1.165) is 32.1 Å². The Morgan fingerprint density at radius 1 is 1.03 bits per heavy atom. The largest absolute Gasteiger partial charge is 0.468 e. The average molecular weight is 836 g/mol. The van der Waals surface area contributed by atoms with E-state index in [-0.39, 0.29) is 67.3 Å². The molecule has 0 saturated carbocycles. The van der Waals surface area contributed by atoms with Gasteiger partial charge >= 0.3 is 18.0 Å². The molecular formula is C42H81N3O13. The van der Waals surface area contributed by atoms with Crippen molar-refractivity contribution in [1.82, 2.24) is 10.2 Å². The van der Waals surface area contributed by atoms with Crippen molar-refractivity contribution in [3.63, 3.8) is 0 Å². The predicted octanol–water partition coefficient (Wildman–Crippen LogP) is 5.24. The van der Waals surface area contributed by atoms with Crippen molar-refractivity contribution in [3.8, 4) is 0 Å². The molecule has 3 rings (SSSR count). The number of amides is 1. The summed E-state index contributed by atoms with van der Waals surface area (Å²) in [6.45, 7) is 22.8. The van der Waals surface area contributed by atoms with Gasteiger partial charge in [0.15, 0.2) is 18.2 Å². The van der Waals surface area contributed by atoms with Crippen LogP contribution in [0.15, 0.2) is 0 Å². The van der Waals surface area contributed by atoms with Gasteiger partial charge in [0, 0.05) is 50.7 Å². The number of hydrogen-bond donors (Lipinski definition) is 3. The van der Waals surface area contributed by atoms with Gasteiger partial charge in [-0.1, -0.05) is 61.8 Å². The number of ether oxygens (including phenoxy) is 7. The van der Waals surface area contributed by atoms with E-state index < -0.39 is 41.8 Å². The van der Waals surface area contributed by atoms with Crippen LogP contribution in [0.25, 0.3) is 0 Å². The number of Topliss-reactive ketones (excluding diaryl/α,β-unsaturated/α-hetero) is 1. The van der Waals surface area contributed by atoms with Crippen LogP contribution in [0.4, 0.5) is 4.79 Å². The Morgan fingerprint density at radius 3 is 2.12 bits per heavy atom. The van der Waals surface area contributed by atoms with Crippen LogP contribution in [0.1, 0.15) is 122 Å². The first-order valence-corrected chi connectivity index (χ1v) is 20.9. The molecule has 3 fully saturated rings. The van der Waals surface area contributed by atoms with Crippen molar-refractivity contribution in [2.75, 3.05) is 41.5 Å². The van der Waals surface area contributed by atoms with Crippen LogP contribution in [0.3, 0.4) is 0 Å². The van der Waals surface area contributed by atoms with Crippen molar-refractivity contribution in [1.29, 1.82) is 0 Å². The molecule has 342 valence electrons. The third-order valence-electron chi connectivity index (χ3n) is 10.2. The molecule has 1 amide bonds. The fourth-order valence-electron chi connectivity index (χ4n) is 7.21. The van der Waals surface area contributed by atoms with Gasteiger partial charge in [0.05, 0.1) is 30.8 Å². The SMILES string of the molecule is CC.CC1CC(N(C)C)CC(O)O1.CCC[C@@H](C)C(=O)C(C)C1NC(=O)O[C@]1(C)COC(=O)C(C)C[C@H](C)COC=O.CN.CO[C@H]1CC(C)[C@@H](OC(C)=O)C(C)O1. The third kappa shape index (κ3) is 20.9. The highest BCUT2D eigenvalue weighted by atomic mass is 16.7. The standard InChI is InChI=1S/C21H35NO7.C10H18O4.C8H17NO2.C2H6.CH5N/c1-7-8-14(3)17(24)16(5)18-21(6,29-20(26)22-18)11-28-19(25)15(4)9-13(2)10-27-12-23;1-6-5-9(12-4)13-7(2)10(6)14-8(3)11;1-6-4-7(9(2)3)5-8(10)11-6;2*1-2/h12-16,18H,7-11H2,1-6H3,(H,22,26);6-7,9-10H,5H2,1-4H3;6-8,10H,4-5H2,1-3H3;1-2H3;2H2,1H3/t13-,14+,15?,16?,18?,21+;6?,7?,9-,10-;;;/m01.../s1. The van der Waals surface area contributed by atoms with Gasteiger partial charge in [0.2, 0.25) is 0 Å². The maximum absolute atomic E-state index is 12.7. The Morgan fingerprint density at radius 2 is 1.64 bits per heavy atom. The first-order valence-electron chi connectivity index (χ1n) is 20.9. The Hall–Kier alpha value is -2.89.